The first-order valence-electron chi connectivity index (χ1n) is 5.76. The van der Waals surface area contributed by atoms with E-state index in [0.29, 0.717) is 11.3 Å². The van der Waals surface area contributed by atoms with E-state index in [9.17, 15) is 9.50 Å². The summed E-state index contributed by atoms with van der Waals surface area (Å²) in [5, 5.41) is 18.3. The summed E-state index contributed by atoms with van der Waals surface area (Å²) in [7, 11) is 0. The van der Waals surface area contributed by atoms with E-state index >= 15 is 0 Å². The second-order valence-corrected chi connectivity index (χ2v) is 4.07. The molecule has 2 aromatic rings. The molecule has 3 nitrogen and oxygen atoms in total. The van der Waals surface area contributed by atoms with Gasteiger partial charge in [0.05, 0.1) is 17.7 Å². The summed E-state index contributed by atoms with van der Waals surface area (Å²) in [4.78, 5) is 0. The molecule has 0 aromatic heterocycles. The van der Waals surface area contributed by atoms with Crippen molar-refractivity contribution in [2.75, 3.05) is 0 Å². The number of nitriles is 1. The molecule has 19 heavy (non-hydrogen) atoms. The van der Waals surface area contributed by atoms with Crippen LogP contribution in [0.4, 0.5) is 4.39 Å². The fourth-order valence-corrected chi connectivity index (χ4v) is 1.69. The van der Waals surface area contributed by atoms with Gasteiger partial charge in [-0.05, 0) is 31.2 Å². The molecule has 4 heteroatoms. The minimum absolute atomic E-state index is 0.0205. The van der Waals surface area contributed by atoms with Crippen LogP contribution in [0.3, 0.4) is 0 Å². The van der Waals surface area contributed by atoms with Crippen LogP contribution in [-0.4, -0.2) is 5.11 Å². The summed E-state index contributed by atoms with van der Waals surface area (Å²) in [6.07, 6.45) is -0.711. The molecule has 0 aliphatic heterocycles. The van der Waals surface area contributed by atoms with E-state index in [1.165, 1.54) is 12.1 Å². The van der Waals surface area contributed by atoms with Crippen LogP contribution in [0.5, 0.6) is 11.5 Å². The predicted octanol–water partition coefficient (Wildman–Crippen LogP) is 3.54. The summed E-state index contributed by atoms with van der Waals surface area (Å²) < 4.78 is 19.2. The van der Waals surface area contributed by atoms with E-state index in [1.54, 1.807) is 31.2 Å². The van der Waals surface area contributed by atoms with E-state index in [0.717, 1.165) is 6.07 Å². The Morgan fingerprint density at radius 2 is 1.95 bits per heavy atom. The fraction of sp³-hybridized carbons (Fsp3) is 0.133. The van der Waals surface area contributed by atoms with E-state index in [-0.39, 0.29) is 11.3 Å². The molecule has 0 heterocycles. The molecule has 0 spiro atoms. The highest BCUT2D eigenvalue weighted by Crippen LogP contribution is 2.30. The number of para-hydroxylation sites is 1. The first kappa shape index (κ1) is 13.1. The van der Waals surface area contributed by atoms with E-state index in [4.69, 9.17) is 10.00 Å². The summed E-state index contributed by atoms with van der Waals surface area (Å²) in [5.74, 6) is -0.201. The SMILES string of the molecule is C[C@@H](O)c1ccccc1Oc1ccc(C#N)cc1F. The van der Waals surface area contributed by atoms with Crippen molar-refractivity contribution in [2.45, 2.75) is 13.0 Å². The largest absolute Gasteiger partial charge is 0.454 e. The molecule has 2 aromatic carbocycles. The van der Waals surface area contributed by atoms with Crippen LogP contribution < -0.4 is 4.74 Å². The number of hydrogen-bond acceptors (Lipinski definition) is 3. The van der Waals surface area contributed by atoms with Crippen LogP contribution in [0, 0.1) is 17.1 Å². The lowest BCUT2D eigenvalue weighted by molar-refractivity contribution is 0.195. The highest BCUT2D eigenvalue weighted by molar-refractivity contribution is 5.41. The van der Waals surface area contributed by atoms with Gasteiger partial charge < -0.3 is 9.84 Å². The predicted molar refractivity (Wildman–Crippen MR) is 68.3 cm³/mol. The smallest absolute Gasteiger partial charge is 0.167 e. The second-order valence-electron chi connectivity index (χ2n) is 4.07. The lowest BCUT2D eigenvalue weighted by Crippen LogP contribution is -1.97. The number of ether oxygens (including phenoxy) is 1. The summed E-state index contributed by atoms with van der Waals surface area (Å²) in [5.41, 5.74) is 0.805. The Balaban J connectivity index is 2.34. The van der Waals surface area contributed by atoms with E-state index < -0.39 is 11.9 Å². The molecule has 0 unspecified atom stereocenters. The zero-order valence-electron chi connectivity index (χ0n) is 10.3. The molecule has 0 radical (unpaired) electrons. The Morgan fingerprint density at radius 1 is 1.21 bits per heavy atom. The standard InChI is InChI=1S/C15H12FNO2/c1-10(18)12-4-2-3-5-14(12)19-15-7-6-11(9-17)8-13(15)16/h2-8,10,18H,1H3/t10-/m1/s1. The molecule has 0 fully saturated rings. The number of hydrogen-bond donors (Lipinski definition) is 1. The van der Waals surface area contributed by atoms with Crippen molar-refractivity contribution < 1.29 is 14.2 Å². The molecule has 96 valence electrons. The molecular formula is C15H12FNO2. The van der Waals surface area contributed by atoms with Gasteiger partial charge >= 0.3 is 0 Å². The molecule has 2 rings (SSSR count). The van der Waals surface area contributed by atoms with Gasteiger partial charge in [-0.2, -0.15) is 5.26 Å². The number of nitrogens with zero attached hydrogens (tertiary/aromatic N) is 1. The Kier molecular flexibility index (Phi) is 3.79. The molecule has 1 atom stereocenters. The highest BCUT2D eigenvalue weighted by Gasteiger charge is 2.11. The summed E-state index contributed by atoms with van der Waals surface area (Å²) in [6, 6.07) is 12.7. The zero-order valence-corrected chi connectivity index (χ0v) is 10.3. The first-order valence-corrected chi connectivity index (χ1v) is 5.76. The first-order chi connectivity index (χ1) is 9.11. The van der Waals surface area contributed by atoms with Crippen LogP contribution in [0.1, 0.15) is 24.2 Å². The van der Waals surface area contributed by atoms with Gasteiger partial charge in [0, 0.05) is 5.56 Å². The maximum atomic E-state index is 13.7. The minimum Gasteiger partial charge on any atom is -0.454 e. The van der Waals surface area contributed by atoms with Gasteiger partial charge in [0.15, 0.2) is 11.6 Å². The molecule has 0 aliphatic rings. The van der Waals surface area contributed by atoms with Crippen molar-refractivity contribution in [3.05, 3.63) is 59.4 Å². The highest BCUT2D eigenvalue weighted by atomic mass is 19.1. The Morgan fingerprint density at radius 3 is 2.58 bits per heavy atom. The van der Waals surface area contributed by atoms with Crippen LogP contribution in [-0.2, 0) is 0 Å². The Hall–Kier alpha value is -2.38. The van der Waals surface area contributed by atoms with E-state index in [2.05, 4.69) is 0 Å². The van der Waals surface area contributed by atoms with Crippen molar-refractivity contribution in [1.82, 2.24) is 0 Å². The Labute approximate surface area is 110 Å². The number of benzene rings is 2. The van der Waals surface area contributed by atoms with Crippen molar-refractivity contribution in [2.24, 2.45) is 0 Å². The quantitative estimate of drug-likeness (QED) is 0.914. The number of halogens is 1. The molecule has 0 saturated heterocycles. The van der Waals surface area contributed by atoms with Crippen molar-refractivity contribution in [3.8, 4) is 17.6 Å². The number of rotatable bonds is 3. The van der Waals surface area contributed by atoms with Gasteiger partial charge in [0.2, 0.25) is 0 Å². The number of aliphatic hydroxyl groups is 1. The third kappa shape index (κ3) is 2.90. The van der Waals surface area contributed by atoms with Gasteiger partial charge in [-0.25, -0.2) is 4.39 Å². The van der Waals surface area contributed by atoms with Gasteiger partial charge in [-0.1, -0.05) is 18.2 Å². The monoisotopic (exact) mass is 257 g/mol. The molecule has 0 saturated carbocycles. The molecule has 0 aliphatic carbocycles. The molecule has 1 N–H and O–H groups in total. The number of aliphatic hydroxyl groups excluding tert-OH is 1. The minimum atomic E-state index is -0.711. The van der Waals surface area contributed by atoms with Crippen LogP contribution in [0.25, 0.3) is 0 Å². The van der Waals surface area contributed by atoms with Gasteiger partial charge in [0.1, 0.15) is 5.75 Å². The second kappa shape index (κ2) is 5.51. The lowest BCUT2D eigenvalue weighted by atomic mass is 10.1. The van der Waals surface area contributed by atoms with E-state index in [1.807, 2.05) is 6.07 Å². The lowest BCUT2D eigenvalue weighted by Gasteiger charge is -2.13. The molecular weight excluding hydrogens is 245 g/mol. The van der Waals surface area contributed by atoms with Gasteiger partial charge in [0.25, 0.3) is 0 Å². The molecule has 0 amide bonds. The van der Waals surface area contributed by atoms with Gasteiger partial charge in [-0.15, -0.1) is 0 Å². The van der Waals surface area contributed by atoms with Crippen LogP contribution in [0.15, 0.2) is 42.5 Å². The van der Waals surface area contributed by atoms with Crippen molar-refractivity contribution >= 4 is 0 Å². The average Bonchev–Trinajstić information content (AvgIpc) is 2.41. The Bertz CT molecular complexity index is 632. The third-order valence-electron chi connectivity index (χ3n) is 2.65. The zero-order chi connectivity index (χ0) is 13.8. The van der Waals surface area contributed by atoms with Gasteiger partial charge in [-0.3, -0.25) is 0 Å². The summed E-state index contributed by atoms with van der Waals surface area (Å²) in [6.45, 7) is 1.61. The maximum Gasteiger partial charge on any atom is 0.167 e. The van der Waals surface area contributed by atoms with Crippen LogP contribution in [0.2, 0.25) is 0 Å². The summed E-state index contributed by atoms with van der Waals surface area (Å²) >= 11 is 0. The fourth-order valence-electron chi connectivity index (χ4n) is 1.69. The topological polar surface area (TPSA) is 53.2 Å². The van der Waals surface area contributed by atoms with Crippen LogP contribution >= 0.6 is 0 Å². The normalized spacial score (nSPS) is 11.7. The maximum absolute atomic E-state index is 13.7. The average molecular weight is 257 g/mol. The molecule has 0 bridgehead atoms. The van der Waals surface area contributed by atoms with Crippen molar-refractivity contribution in [3.63, 3.8) is 0 Å². The van der Waals surface area contributed by atoms with Crippen molar-refractivity contribution in [1.29, 1.82) is 5.26 Å². The third-order valence-corrected chi connectivity index (χ3v) is 2.65.